The van der Waals surface area contributed by atoms with Crippen molar-refractivity contribution in [2.24, 2.45) is 0 Å². The molecule has 12 heteroatoms. The van der Waals surface area contributed by atoms with Crippen molar-refractivity contribution < 1.29 is 37.8 Å². The lowest BCUT2D eigenvalue weighted by Gasteiger charge is -2.20. The number of hydrogen-bond acceptors (Lipinski definition) is 7. The summed E-state index contributed by atoms with van der Waals surface area (Å²) >= 11 is 0. The average Bonchev–Trinajstić information content (AvgIpc) is 3.02. The number of amides is 4. The van der Waals surface area contributed by atoms with E-state index < -0.39 is 47.3 Å². The van der Waals surface area contributed by atoms with Crippen LogP contribution < -0.4 is 21.1 Å². The highest BCUT2D eigenvalue weighted by molar-refractivity contribution is 5.96. The normalized spacial score (nSPS) is 16.0. The van der Waals surface area contributed by atoms with Gasteiger partial charge in [-0.05, 0) is 59.7 Å². The molecule has 3 N–H and O–H groups in total. The van der Waals surface area contributed by atoms with Crippen LogP contribution in [0.15, 0.2) is 18.2 Å². The van der Waals surface area contributed by atoms with Crippen LogP contribution in [0.25, 0.3) is 0 Å². The highest BCUT2D eigenvalue weighted by atomic mass is 19.1. The van der Waals surface area contributed by atoms with Gasteiger partial charge in [-0.15, -0.1) is 0 Å². The first-order valence-electron chi connectivity index (χ1n) is 10.2. The van der Waals surface area contributed by atoms with Gasteiger partial charge in [-0.2, -0.15) is 0 Å². The topological polar surface area (TPSA) is 135 Å². The maximum atomic E-state index is 14.5. The summed E-state index contributed by atoms with van der Waals surface area (Å²) in [5.74, 6) is -1.83. The standard InChI is InChI=1S/C21H29FN4O7/c1-20(2,3)32-17(28)23-10-13-11-26(19(30)31-13)12-7-8-14(15(22)9-12)16(27)24-25-18(29)33-21(4,5)6/h7-9,13H,10-11H2,1-6H3,(H,23,28)(H,24,27)(H,25,29)/t13-/m0/s1. The SMILES string of the molecule is CC(C)(C)OC(=O)NC[C@H]1CN(c2ccc(C(=O)NNC(=O)OC(C)(C)C)c(F)c2)C(=O)O1. The van der Waals surface area contributed by atoms with Crippen molar-refractivity contribution in [3.05, 3.63) is 29.6 Å². The number of cyclic esters (lactones) is 1. The second kappa shape index (κ2) is 9.92. The van der Waals surface area contributed by atoms with Gasteiger partial charge < -0.3 is 19.5 Å². The fraction of sp³-hybridized carbons (Fsp3) is 0.524. The number of halogens is 1. The molecule has 1 heterocycles. The van der Waals surface area contributed by atoms with Crippen LogP contribution in [-0.2, 0) is 14.2 Å². The van der Waals surface area contributed by atoms with E-state index in [1.54, 1.807) is 41.5 Å². The third-order valence-corrected chi connectivity index (χ3v) is 3.93. The maximum absolute atomic E-state index is 14.5. The zero-order valence-corrected chi connectivity index (χ0v) is 19.4. The highest BCUT2D eigenvalue weighted by Gasteiger charge is 2.33. The minimum atomic E-state index is -0.917. The van der Waals surface area contributed by atoms with Crippen LogP contribution in [0.5, 0.6) is 0 Å². The van der Waals surface area contributed by atoms with Gasteiger partial charge in [0.15, 0.2) is 0 Å². The third-order valence-electron chi connectivity index (χ3n) is 3.93. The molecule has 1 aliphatic rings. The Kier molecular flexibility index (Phi) is 7.72. The molecule has 11 nitrogen and oxygen atoms in total. The van der Waals surface area contributed by atoms with Gasteiger partial charge >= 0.3 is 18.3 Å². The van der Waals surface area contributed by atoms with Crippen LogP contribution in [0.4, 0.5) is 24.5 Å². The van der Waals surface area contributed by atoms with E-state index in [2.05, 4.69) is 5.32 Å². The van der Waals surface area contributed by atoms with Crippen LogP contribution in [0, 0.1) is 5.82 Å². The molecule has 1 aromatic rings. The molecule has 0 bridgehead atoms. The summed E-state index contributed by atoms with van der Waals surface area (Å²) in [5, 5.41) is 2.51. The molecule has 4 amide bonds. The number of hydrazine groups is 1. The van der Waals surface area contributed by atoms with E-state index in [1.807, 2.05) is 10.9 Å². The van der Waals surface area contributed by atoms with Crippen molar-refractivity contribution in [3.63, 3.8) is 0 Å². The van der Waals surface area contributed by atoms with E-state index in [4.69, 9.17) is 14.2 Å². The fourth-order valence-electron chi connectivity index (χ4n) is 2.68. The maximum Gasteiger partial charge on any atom is 0.426 e. The fourth-order valence-corrected chi connectivity index (χ4v) is 2.68. The lowest BCUT2D eigenvalue weighted by Crippen LogP contribution is -2.44. The Labute approximate surface area is 190 Å². The first kappa shape index (κ1) is 25.7. The number of hydrogen-bond donors (Lipinski definition) is 3. The largest absolute Gasteiger partial charge is 0.444 e. The number of nitrogens with one attached hydrogen (secondary N) is 3. The number of ether oxygens (including phenoxy) is 3. The number of rotatable bonds is 4. The molecular formula is C21H29FN4O7. The summed E-state index contributed by atoms with van der Waals surface area (Å²) in [6, 6.07) is 3.51. The first-order chi connectivity index (χ1) is 15.1. The minimum absolute atomic E-state index is 0.0104. The molecule has 1 aromatic carbocycles. The number of benzene rings is 1. The molecule has 182 valence electrons. The third kappa shape index (κ3) is 8.13. The summed E-state index contributed by atoms with van der Waals surface area (Å²) in [6.07, 6.45) is -2.96. The van der Waals surface area contributed by atoms with Gasteiger partial charge in [0.2, 0.25) is 0 Å². The Morgan fingerprint density at radius 3 is 2.24 bits per heavy atom. The molecule has 2 rings (SSSR count). The number of carbonyl (C=O) groups is 4. The second-order valence-electron chi connectivity index (χ2n) is 9.24. The number of carbonyl (C=O) groups excluding carboxylic acids is 4. The van der Waals surface area contributed by atoms with E-state index in [0.29, 0.717) is 0 Å². The monoisotopic (exact) mass is 468 g/mol. The predicted octanol–water partition coefficient (Wildman–Crippen LogP) is 2.85. The second-order valence-corrected chi connectivity index (χ2v) is 9.24. The molecule has 0 aromatic heterocycles. The van der Waals surface area contributed by atoms with Crippen molar-refractivity contribution in [1.82, 2.24) is 16.2 Å². The molecule has 0 spiro atoms. The van der Waals surface area contributed by atoms with Gasteiger partial charge in [-0.3, -0.25) is 15.1 Å². The minimum Gasteiger partial charge on any atom is -0.444 e. The Bertz CT molecular complexity index is 924. The Hall–Kier alpha value is -3.57. The molecule has 1 saturated heterocycles. The van der Waals surface area contributed by atoms with Crippen molar-refractivity contribution in [1.29, 1.82) is 0 Å². The molecular weight excluding hydrogens is 439 g/mol. The van der Waals surface area contributed by atoms with Gasteiger partial charge in [-0.25, -0.2) is 24.2 Å². The molecule has 0 radical (unpaired) electrons. The van der Waals surface area contributed by atoms with E-state index in [0.717, 1.165) is 12.1 Å². The summed E-state index contributed by atoms with van der Waals surface area (Å²) in [7, 11) is 0. The molecule has 1 atom stereocenters. The number of nitrogens with zero attached hydrogens (tertiary/aromatic N) is 1. The zero-order chi connectivity index (χ0) is 25.0. The van der Waals surface area contributed by atoms with Crippen LogP contribution in [-0.4, -0.2) is 54.6 Å². The van der Waals surface area contributed by atoms with E-state index in [1.165, 1.54) is 11.0 Å². The summed E-state index contributed by atoms with van der Waals surface area (Å²) in [6.45, 7) is 10.2. The zero-order valence-electron chi connectivity index (χ0n) is 19.4. The van der Waals surface area contributed by atoms with Crippen molar-refractivity contribution in [2.45, 2.75) is 58.8 Å². The lowest BCUT2D eigenvalue weighted by molar-refractivity contribution is 0.0479. The van der Waals surface area contributed by atoms with Crippen LogP contribution in [0.3, 0.4) is 0 Å². The van der Waals surface area contributed by atoms with E-state index in [9.17, 15) is 23.6 Å². The predicted molar refractivity (Wildman–Crippen MR) is 115 cm³/mol. The van der Waals surface area contributed by atoms with Gasteiger partial charge in [-0.1, -0.05) is 0 Å². The molecule has 0 unspecified atom stereocenters. The Morgan fingerprint density at radius 2 is 1.67 bits per heavy atom. The van der Waals surface area contributed by atoms with Gasteiger partial charge in [0.25, 0.3) is 5.91 Å². The van der Waals surface area contributed by atoms with Crippen LogP contribution in [0.2, 0.25) is 0 Å². The van der Waals surface area contributed by atoms with Crippen LogP contribution >= 0.6 is 0 Å². The molecule has 33 heavy (non-hydrogen) atoms. The highest BCUT2D eigenvalue weighted by Crippen LogP contribution is 2.24. The lowest BCUT2D eigenvalue weighted by atomic mass is 10.1. The van der Waals surface area contributed by atoms with Crippen LogP contribution in [0.1, 0.15) is 51.9 Å². The van der Waals surface area contributed by atoms with E-state index >= 15 is 0 Å². The Balaban J connectivity index is 1.94. The molecule has 1 fully saturated rings. The average molecular weight is 468 g/mol. The number of anilines is 1. The van der Waals surface area contributed by atoms with Gasteiger partial charge in [0, 0.05) is 0 Å². The Morgan fingerprint density at radius 1 is 1.06 bits per heavy atom. The molecule has 0 aliphatic carbocycles. The molecule has 1 aliphatic heterocycles. The smallest absolute Gasteiger partial charge is 0.426 e. The first-order valence-corrected chi connectivity index (χ1v) is 10.2. The summed E-state index contributed by atoms with van der Waals surface area (Å²) in [5.41, 5.74) is 2.44. The van der Waals surface area contributed by atoms with Gasteiger partial charge in [0.1, 0.15) is 23.1 Å². The van der Waals surface area contributed by atoms with Gasteiger partial charge in [0.05, 0.1) is 24.3 Å². The van der Waals surface area contributed by atoms with Crippen molar-refractivity contribution in [2.75, 3.05) is 18.0 Å². The molecule has 0 saturated carbocycles. The summed E-state index contributed by atoms with van der Waals surface area (Å²) < 4.78 is 29.8. The van der Waals surface area contributed by atoms with Crippen molar-refractivity contribution >= 4 is 29.9 Å². The van der Waals surface area contributed by atoms with E-state index in [-0.39, 0.29) is 24.3 Å². The quantitative estimate of drug-likeness (QED) is 0.457. The summed E-state index contributed by atoms with van der Waals surface area (Å²) in [4.78, 5) is 48.9. The number of alkyl carbamates (subject to hydrolysis) is 1. The van der Waals surface area contributed by atoms with Crippen molar-refractivity contribution in [3.8, 4) is 0 Å².